The molecular formula is C16H20NO2+. The molecule has 0 bridgehead atoms. The molecule has 2 aromatic carbocycles. The molecule has 0 amide bonds. The van der Waals surface area contributed by atoms with E-state index in [2.05, 4.69) is 42.5 Å². The minimum absolute atomic E-state index is 0.772. The Hall–Kier alpha value is -1.58. The highest BCUT2D eigenvalue weighted by Gasteiger charge is 2.13. The minimum atomic E-state index is 0.772. The van der Waals surface area contributed by atoms with E-state index >= 15 is 0 Å². The second-order valence-electron chi connectivity index (χ2n) is 4.97. The van der Waals surface area contributed by atoms with E-state index in [-0.39, 0.29) is 0 Å². The maximum absolute atomic E-state index is 5.86. The van der Waals surface area contributed by atoms with Crippen LogP contribution in [0, 0.1) is 0 Å². The first-order valence-corrected chi connectivity index (χ1v) is 6.95. The molecule has 1 N–H and O–H groups in total. The van der Waals surface area contributed by atoms with Gasteiger partial charge < -0.3 is 14.4 Å². The predicted octanol–water partition coefficient (Wildman–Crippen LogP) is 1.13. The van der Waals surface area contributed by atoms with E-state index in [1.807, 2.05) is 0 Å². The van der Waals surface area contributed by atoms with Crippen molar-refractivity contribution in [3.8, 4) is 5.75 Å². The van der Waals surface area contributed by atoms with Gasteiger partial charge in [-0.3, -0.25) is 0 Å². The van der Waals surface area contributed by atoms with E-state index in [1.165, 1.54) is 10.8 Å². The summed E-state index contributed by atoms with van der Waals surface area (Å²) in [6.07, 6.45) is 0. The highest BCUT2D eigenvalue weighted by molar-refractivity contribution is 5.83. The van der Waals surface area contributed by atoms with E-state index in [0.29, 0.717) is 0 Å². The van der Waals surface area contributed by atoms with Crippen LogP contribution in [-0.4, -0.2) is 39.5 Å². The molecule has 1 fully saturated rings. The van der Waals surface area contributed by atoms with Crippen LogP contribution < -0.4 is 9.64 Å². The predicted molar refractivity (Wildman–Crippen MR) is 75.8 cm³/mol. The molecule has 1 heterocycles. The molecule has 0 aliphatic carbocycles. The standard InChI is InChI=1S/C16H19NO2/c1-2-4-15-13-16(6-5-14(15)3-1)19-12-9-17-7-10-18-11-8-17/h1-6,13H,7-12H2/p+1. The van der Waals surface area contributed by atoms with Crippen molar-refractivity contribution >= 4 is 10.8 Å². The van der Waals surface area contributed by atoms with E-state index in [0.717, 1.165) is 45.2 Å². The van der Waals surface area contributed by atoms with E-state index in [4.69, 9.17) is 9.47 Å². The lowest BCUT2D eigenvalue weighted by Gasteiger charge is -2.23. The van der Waals surface area contributed by atoms with Crippen molar-refractivity contribution in [3.05, 3.63) is 42.5 Å². The van der Waals surface area contributed by atoms with Gasteiger partial charge in [-0.25, -0.2) is 0 Å². The first kappa shape index (κ1) is 12.5. The molecule has 19 heavy (non-hydrogen) atoms. The van der Waals surface area contributed by atoms with Gasteiger partial charge in [0.25, 0.3) is 0 Å². The summed E-state index contributed by atoms with van der Waals surface area (Å²) in [7, 11) is 0. The summed E-state index contributed by atoms with van der Waals surface area (Å²) in [5, 5.41) is 2.49. The quantitative estimate of drug-likeness (QED) is 0.888. The summed E-state index contributed by atoms with van der Waals surface area (Å²) in [6, 6.07) is 14.6. The van der Waals surface area contributed by atoms with Crippen molar-refractivity contribution in [2.75, 3.05) is 39.5 Å². The van der Waals surface area contributed by atoms with Crippen molar-refractivity contribution in [1.29, 1.82) is 0 Å². The number of ether oxygens (including phenoxy) is 2. The van der Waals surface area contributed by atoms with Crippen LogP contribution >= 0.6 is 0 Å². The Bertz CT molecular complexity index is 535. The normalized spacial score (nSPS) is 16.6. The number of hydrogen-bond acceptors (Lipinski definition) is 2. The first-order chi connectivity index (χ1) is 9.42. The Morgan fingerprint density at radius 2 is 1.79 bits per heavy atom. The van der Waals surface area contributed by atoms with E-state index in [9.17, 15) is 0 Å². The van der Waals surface area contributed by atoms with Gasteiger partial charge in [-0.15, -0.1) is 0 Å². The second-order valence-corrected chi connectivity index (χ2v) is 4.97. The highest BCUT2D eigenvalue weighted by Crippen LogP contribution is 2.20. The topological polar surface area (TPSA) is 22.9 Å². The van der Waals surface area contributed by atoms with Crippen molar-refractivity contribution in [1.82, 2.24) is 0 Å². The van der Waals surface area contributed by atoms with Crippen molar-refractivity contribution in [2.24, 2.45) is 0 Å². The number of hydrogen-bond donors (Lipinski definition) is 1. The van der Waals surface area contributed by atoms with Crippen LogP contribution in [0.1, 0.15) is 0 Å². The van der Waals surface area contributed by atoms with Crippen LogP contribution in [0.2, 0.25) is 0 Å². The SMILES string of the molecule is c1ccc2cc(OCC[NH+]3CCOCC3)ccc2c1. The zero-order valence-electron chi connectivity index (χ0n) is 11.1. The fourth-order valence-corrected chi connectivity index (χ4v) is 2.48. The van der Waals surface area contributed by atoms with E-state index in [1.54, 1.807) is 4.90 Å². The van der Waals surface area contributed by atoms with E-state index < -0.39 is 0 Å². The molecule has 1 aliphatic rings. The van der Waals surface area contributed by atoms with Crippen molar-refractivity contribution in [2.45, 2.75) is 0 Å². The number of quaternary nitrogens is 1. The fourth-order valence-electron chi connectivity index (χ4n) is 2.48. The van der Waals surface area contributed by atoms with Crippen LogP contribution in [0.15, 0.2) is 42.5 Å². The number of nitrogens with one attached hydrogen (secondary N) is 1. The molecule has 0 radical (unpaired) electrons. The smallest absolute Gasteiger partial charge is 0.137 e. The summed E-state index contributed by atoms with van der Waals surface area (Å²) in [6.45, 7) is 5.78. The van der Waals surface area contributed by atoms with Crippen LogP contribution in [-0.2, 0) is 4.74 Å². The molecule has 1 saturated heterocycles. The Labute approximate surface area is 113 Å². The Morgan fingerprint density at radius 3 is 2.63 bits per heavy atom. The minimum Gasteiger partial charge on any atom is -0.488 e. The van der Waals surface area contributed by atoms with Crippen LogP contribution in [0.4, 0.5) is 0 Å². The van der Waals surface area contributed by atoms with Gasteiger partial charge in [0.15, 0.2) is 0 Å². The number of morpholine rings is 1. The lowest BCUT2D eigenvalue weighted by atomic mass is 10.1. The van der Waals surface area contributed by atoms with Gasteiger partial charge in [0.05, 0.1) is 13.2 Å². The molecule has 3 nitrogen and oxygen atoms in total. The zero-order chi connectivity index (χ0) is 12.9. The maximum atomic E-state index is 5.86. The third-order valence-electron chi connectivity index (χ3n) is 3.65. The fraction of sp³-hybridized carbons (Fsp3) is 0.375. The van der Waals surface area contributed by atoms with Gasteiger partial charge in [0.2, 0.25) is 0 Å². The molecule has 0 unspecified atom stereocenters. The third-order valence-corrected chi connectivity index (χ3v) is 3.65. The number of benzene rings is 2. The number of rotatable bonds is 4. The third kappa shape index (κ3) is 3.25. The number of fused-ring (bicyclic) bond motifs is 1. The van der Waals surface area contributed by atoms with Crippen LogP contribution in [0.25, 0.3) is 10.8 Å². The Morgan fingerprint density at radius 1 is 1.00 bits per heavy atom. The Balaban J connectivity index is 1.56. The zero-order valence-corrected chi connectivity index (χ0v) is 11.1. The van der Waals surface area contributed by atoms with Gasteiger partial charge >= 0.3 is 0 Å². The molecule has 100 valence electrons. The van der Waals surface area contributed by atoms with Crippen molar-refractivity contribution < 1.29 is 14.4 Å². The summed E-state index contributed by atoms with van der Waals surface area (Å²) < 4.78 is 11.2. The molecule has 1 aliphatic heterocycles. The average Bonchev–Trinajstić information content (AvgIpc) is 2.48. The highest BCUT2D eigenvalue weighted by atomic mass is 16.5. The molecule has 3 heteroatoms. The van der Waals surface area contributed by atoms with Gasteiger partial charge in [0.1, 0.15) is 32.0 Å². The summed E-state index contributed by atoms with van der Waals surface area (Å²) in [4.78, 5) is 1.58. The van der Waals surface area contributed by atoms with Crippen LogP contribution in [0.5, 0.6) is 5.75 Å². The van der Waals surface area contributed by atoms with Gasteiger partial charge in [0, 0.05) is 0 Å². The average molecular weight is 258 g/mol. The molecular weight excluding hydrogens is 238 g/mol. The van der Waals surface area contributed by atoms with Gasteiger partial charge in [-0.05, 0) is 22.9 Å². The summed E-state index contributed by atoms with van der Waals surface area (Å²) >= 11 is 0. The summed E-state index contributed by atoms with van der Waals surface area (Å²) in [5.41, 5.74) is 0. The molecule has 3 rings (SSSR count). The summed E-state index contributed by atoms with van der Waals surface area (Å²) in [5.74, 6) is 0.964. The molecule has 0 aromatic heterocycles. The second kappa shape index (κ2) is 6.04. The monoisotopic (exact) mass is 258 g/mol. The maximum Gasteiger partial charge on any atom is 0.137 e. The molecule has 0 saturated carbocycles. The molecule has 0 spiro atoms. The van der Waals surface area contributed by atoms with Gasteiger partial charge in [-0.2, -0.15) is 0 Å². The van der Waals surface area contributed by atoms with Crippen LogP contribution in [0.3, 0.4) is 0 Å². The Kier molecular flexibility index (Phi) is 3.96. The molecule has 2 aromatic rings. The van der Waals surface area contributed by atoms with Gasteiger partial charge in [-0.1, -0.05) is 30.3 Å². The first-order valence-electron chi connectivity index (χ1n) is 6.95. The molecule has 0 atom stereocenters. The lowest BCUT2D eigenvalue weighted by Crippen LogP contribution is -3.14. The lowest BCUT2D eigenvalue weighted by molar-refractivity contribution is -0.908. The largest absolute Gasteiger partial charge is 0.488 e. The van der Waals surface area contributed by atoms with Crippen molar-refractivity contribution in [3.63, 3.8) is 0 Å².